The number of amides is 1. The van der Waals surface area contributed by atoms with Crippen LogP contribution < -0.4 is 5.73 Å². The minimum absolute atomic E-state index is 0.0636. The average Bonchev–Trinajstić information content (AvgIpc) is 2.26. The zero-order valence-corrected chi connectivity index (χ0v) is 9.99. The molecule has 0 heterocycles. The van der Waals surface area contributed by atoms with Gasteiger partial charge in [0.15, 0.2) is 0 Å². The number of carbonyl (C=O) groups excluding carboxylic acids is 1. The highest BCUT2D eigenvalue weighted by molar-refractivity contribution is 5.95. The summed E-state index contributed by atoms with van der Waals surface area (Å²) in [4.78, 5) is 11.1. The summed E-state index contributed by atoms with van der Waals surface area (Å²) in [6.07, 6.45) is -4.77. The van der Waals surface area contributed by atoms with E-state index in [4.69, 9.17) is 5.73 Å². The van der Waals surface area contributed by atoms with Gasteiger partial charge in [-0.2, -0.15) is 13.2 Å². The zero-order chi connectivity index (χ0) is 14.1. The molecular weight excluding hydrogens is 250 g/mol. The van der Waals surface area contributed by atoms with Crippen LogP contribution in [0, 0.1) is 5.82 Å². The van der Waals surface area contributed by atoms with Crippen LogP contribution in [0.15, 0.2) is 6.07 Å². The van der Waals surface area contributed by atoms with Crippen molar-refractivity contribution < 1.29 is 22.4 Å². The van der Waals surface area contributed by atoms with Crippen molar-refractivity contribution in [3.8, 4) is 0 Å². The summed E-state index contributed by atoms with van der Waals surface area (Å²) in [5.41, 5.74) is 2.58. The highest BCUT2D eigenvalue weighted by Gasteiger charge is 2.39. The predicted molar refractivity (Wildman–Crippen MR) is 58.7 cm³/mol. The summed E-state index contributed by atoms with van der Waals surface area (Å²) in [6.45, 7) is 2.99. The van der Waals surface area contributed by atoms with E-state index in [1.165, 1.54) is 6.92 Å². The van der Waals surface area contributed by atoms with Crippen molar-refractivity contribution in [3.63, 3.8) is 0 Å². The molecule has 100 valence electrons. The van der Waals surface area contributed by atoms with Gasteiger partial charge in [0.1, 0.15) is 5.82 Å². The summed E-state index contributed by atoms with van der Waals surface area (Å²) < 4.78 is 52.5. The van der Waals surface area contributed by atoms with Gasteiger partial charge in [0, 0.05) is 5.56 Å². The maximum Gasteiger partial charge on any atom is 0.417 e. The molecule has 0 spiro atoms. The minimum Gasteiger partial charge on any atom is -0.366 e. The number of benzene rings is 1. The molecule has 0 aliphatic rings. The van der Waals surface area contributed by atoms with Crippen molar-refractivity contribution in [2.45, 2.75) is 32.9 Å². The first-order valence-corrected chi connectivity index (χ1v) is 5.45. The second-order valence-electron chi connectivity index (χ2n) is 3.82. The van der Waals surface area contributed by atoms with Crippen molar-refractivity contribution in [2.24, 2.45) is 5.73 Å². The van der Waals surface area contributed by atoms with Crippen LogP contribution in [0.25, 0.3) is 0 Å². The first-order valence-electron chi connectivity index (χ1n) is 5.45. The Hall–Kier alpha value is -1.59. The smallest absolute Gasteiger partial charge is 0.366 e. The number of hydrogen-bond donors (Lipinski definition) is 1. The molecule has 0 saturated heterocycles. The number of primary amides is 1. The first-order chi connectivity index (χ1) is 8.23. The van der Waals surface area contributed by atoms with Gasteiger partial charge in [0.05, 0.1) is 11.1 Å². The Morgan fingerprint density at radius 2 is 1.83 bits per heavy atom. The Balaban J connectivity index is 3.75. The highest BCUT2D eigenvalue weighted by atomic mass is 19.4. The lowest BCUT2D eigenvalue weighted by molar-refractivity contribution is -0.138. The summed E-state index contributed by atoms with van der Waals surface area (Å²) in [5.74, 6) is -2.11. The van der Waals surface area contributed by atoms with E-state index in [0.29, 0.717) is 0 Å². The second-order valence-corrected chi connectivity index (χ2v) is 3.82. The number of hydrogen-bond acceptors (Lipinski definition) is 1. The van der Waals surface area contributed by atoms with Gasteiger partial charge in [0.25, 0.3) is 0 Å². The van der Waals surface area contributed by atoms with Crippen LogP contribution in [0.1, 0.15) is 40.9 Å². The van der Waals surface area contributed by atoms with Crippen molar-refractivity contribution in [3.05, 3.63) is 34.1 Å². The van der Waals surface area contributed by atoms with E-state index in [2.05, 4.69) is 0 Å². The molecule has 2 nitrogen and oxygen atoms in total. The summed E-state index contributed by atoms with van der Waals surface area (Å²) in [5, 5.41) is 0. The van der Waals surface area contributed by atoms with Gasteiger partial charge < -0.3 is 5.73 Å². The molecule has 1 rings (SSSR count). The topological polar surface area (TPSA) is 43.1 Å². The fourth-order valence-corrected chi connectivity index (χ4v) is 1.88. The number of aryl methyl sites for hydroxylation is 1. The molecule has 0 fully saturated rings. The standard InChI is InChI=1S/C12H13F4NO/c1-3-6-5-8(11(17)18)9(12(14,15)16)7(4-2)10(6)13/h5H,3-4H2,1-2H3,(H2,17,18). The lowest BCUT2D eigenvalue weighted by Crippen LogP contribution is -2.22. The number of rotatable bonds is 3. The van der Waals surface area contributed by atoms with Gasteiger partial charge >= 0.3 is 6.18 Å². The van der Waals surface area contributed by atoms with E-state index in [1.54, 1.807) is 6.92 Å². The third-order valence-corrected chi connectivity index (χ3v) is 2.72. The molecule has 0 atom stereocenters. The lowest BCUT2D eigenvalue weighted by Gasteiger charge is -2.18. The molecule has 0 saturated carbocycles. The molecular formula is C12H13F4NO. The van der Waals surface area contributed by atoms with Gasteiger partial charge in [0.2, 0.25) is 5.91 Å². The Labute approximate surface area is 102 Å². The van der Waals surface area contributed by atoms with E-state index in [1.807, 2.05) is 0 Å². The molecule has 1 amide bonds. The van der Waals surface area contributed by atoms with Crippen LogP contribution in [0.5, 0.6) is 0 Å². The van der Waals surface area contributed by atoms with Crippen molar-refractivity contribution in [2.75, 3.05) is 0 Å². The summed E-state index contributed by atoms with van der Waals surface area (Å²) in [6, 6.07) is 0.889. The Kier molecular flexibility index (Phi) is 3.98. The van der Waals surface area contributed by atoms with Gasteiger partial charge in [-0.3, -0.25) is 4.79 Å². The number of nitrogens with two attached hydrogens (primary N) is 1. The monoisotopic (exact) mass is 263 g/mol. The SMILES string of the molecule is CCc1cc(C(N)=O)c(C(F)(F)F)c(CC)c1F. The maximum absolute atomic E-state index is 13.9. The second kappa shape index (κ2) is 4.96. The fourth-order valence-electron chi connectivity index (χ4n) is 1.88. The molecule has 0 aliphatic carbocycles. The third-order valence-electron chi connectivity index (χ3n) is 2.72. The molecule has 0 bridgehead atoms. The molecule has 0 unspecified atom stereocenters. The van der Waals surface area contributed by atoms with Crippen LogP contribution in [0.3, 0.4) is 0 Å². The van der Waals surface area contributed by atoms with E-state index in [9.17, 15) is 22.4 Å². The number of halogens is 4. The lowest BCUT2D eigenvalue weighted by atomic mass is 9.93. The zero-order valence-electron chi connectivity index (χ0n) is 9.99. The molecule has 6 heteroatoms. The Morgan fingerprint density at radius 3 is 2.17 bits per heavy atom. The van der Waals surface area contributed by atoms with Gasteiger partial charge in [-0.25, -0.2) is 4.39 Å². The molecule has 0 radical (unpaired) electrons. The summed E-state index contributed by atoms with van der Waals surface area (Å²) in [7, 11) is 0. The third kappa shape index (κ3) is 2.47. The minimum atomic E-state index is -4.80. The Morgan fingerprint density at radius 1 is 1.28 bits per heavy atom. The average molecular weight is 263 g/mol. The van der Waals surface area contributed by atoms with Crippen molar-refractivity contribution in [1.29, 1.82) is 0 Å². The fraction of sp³-hybridized carbons (Fsp3) is 0.417. The highest BCUT2D eigenvalue weighted by Crippen LogP contribution is 2.37. The van der Waals surface area contributed by atoms with Crippen molar-refractivity contribution in [1.82, 2.24) is 0 Å². The van der Waals surface area contributed by atoms with E-state index >= 15 is 0 Å². The molecule has 0 aliphatic heterocycles. The number of carbonyl (C=O) groups is 1. The summed E-state index contributed by atoms with van der Waals surface area (Å²) >= 11 is 0. The maximum atomic E-state index is 13.9. The normalized spacial score (nSPS) is 11.7. The molecule has 0 aromatic heterocycles. The number of alkyl halides is 3. The molecule has 1 aromatic carbocycles. The largest absolute Gasteiger partial charge is 0.417 e. The van der Waals surface area contributed by atoms with Crippen LogP contribution in [0.2, 0.25) is 0 Å². The Bertz CT molecular complexity index is 480. The quantitative estimate of drug-likeness (QED) is 0.837. The van der Waals surface area contributed by atoms with Crippen LogP contribution >= 0.6 is 0 Å². The van der Waals surface area contributed by atoms with Crippen LogP contribution in [-0.2, 0) is 19.0 Å². The van der Waals surface area contributed by atoms with E-state index in [-0.39, 0.29) is 18.4 Å². The molecule has 2 N–H and O–H groups in total. The van der Waals surface area contributed by atoms with Gasteiger partial charge in [-0.1, -0.05) is 13.8 Å². The molecule has 1 aromatic rings. The van der Waals surface area contributed by atoms with Crippen LogP contribution in [0.4, 0.5) is 17.6 Å². The van der Waals surface area contributed by atoms with Gasteiger partial charge in [-0.05, 0) is 24.5 Å². The van der Waals surface area contributed by atoms with Crippen LogP contribution in [-0.4, -0.2) is 5.91 Å². The predicted octanol–water partition coefficient (Wildman–Crippen LogP) is 3.07. The van der Waals surface area contributed by atoms with E-state index < -0.39 is 34.6 Å². The molecule has 18 heavy (non-hydrogen) atoms. The van der Waals surface area contributed by atoms with Gasteiger partial charge in [-0.15, -0.1) is 0 Å². The first kappa shape index (κ1) is 14.5. The van der Waals surface area contributed by atoms with Crippen molar-refractivity contribution >= 4 is 5.91 Å². The van der Waals surface area contributed by atoms with E-state index in [0.717, 1.165) is 6.07 Å².